The van der Waals surface area contributed by atoms with Crippen LogP contribution >= 0.6 is 0 Å². The number of amides is 2. The maximum absolute atomic E-state index is 11.7. The molecule has 6 nitrogen and oxygen atoms in total. The molecule has 0 spiro atoms. The van der Waals surface area contributed by atoms with Gasteiger partial charge in [0.1, 0.15) is 5.75 Å². The molecule has 6 heteroatoms. The first-order chi connectivity index (χ1) is 10.2. The molecule has 114 valence electrons. The third-order valence-electron chi connectivity index (χ3n) is 3.50. The molecule has 0 aliphatic carbocycles. The van der Waals surface area contributed by atoms with Gasteiger partial charge in [0.25, 0.3) is 0 Å². The van der Waals surface area contributed by atoms with Gasteiger partial charge in [0.15, 0.2) is 0 Å². The topological polar surface area (TPSA) is 79.5 Å². The Hall–Kier alpha value is -2.08. The second-order valence-corrected chi connectivity index (χ2v) is 5.03. The van der Waals surface area contributed by atoms with Crippen LogP contribution in [-0.4, -0.2) is 38.6 Å². The molecule has 1 aliphatic rings. The quantitative estimate of drug-likeness (QED) is 0.691. The van der Waals surface area contributed by atoms with Gasteiger partial charge in [-0.1, -0.05) is 12.1 Å². The Balaban J connectivity index is 1.67. The number of rotatable bonds is 6. The normalized spacial score (nSPS) is 17.3. The first kappa shape index (κ1) is 15.3. The van der Waals surface area contributed by atoms with E-state index in [0.717, 1.165) is 24.3 Å². The van der Waals surface area contributed by atoms with E-state index in [9.17, 15) is 9.59 Å². The van der Waals surface area contributed by atoms with Crippen LogP contribution in [0, 0.1) is 5.92 Å². The molecular weight excluding hydrogens is 270 g/mol. The molecule has 1 fully saturated rings. The van der Waals surface area contributed by atoms with Crippen LogP contribution in [0.15, 0.2) is 24.3 Å². The van der Waals surface area contributed by atoms with Crippen molar-refractivity contribution in [2.24, 2.45) is 5.92 Å². The lowest BCUT2D eigenvalue weighted by Crippen LogP contribution is -2.39. The maximum Gasteiger partial charge on any atom is 0.239 e. The minimum atomic E-state index is -0.190. The highest BCUT2D eigenvalue weighted by Gasteiger charge is 2.22. The Kier molecular flexibility index (Phi) is 5.57. The molecule has 0 bridgehead atoms. The molecule has 0 saturated carbocycles. The molecule has 21 heavy (non-hydrogen) atoms. The van der Waals surface area contributed by atoms with Crippen molar-refractivity contribution >= 4 is 11.8 Å². The first-order valence-corrected chi connectivity index (χ1v) is 7.07. The highest BCUT2D eigenvalue weighted by Crippen LogP contribution is 2.10. The van der Waals surface area contributed by atoms with Gasteiger partial charge in [-0.2, -0.15) is 0 Å². The van der Waals surface area contributed by atoms with Crippen LogP contribution in [-0.2, 0) is 16.1 Å². The maximum atomic E-state index is 11.7. The third kappa shape index (κ3) is 4.75. The van der Waals surface area contributed by atoms with Gasteiger partial charge in [-0.3, -0.25) is 9.59 Å². The van der Waals surface area contributed by atoms with Crippen molar-refractivity contribution in [3.63, 3.8) is 0 Å². The average Bonchev–Trinajstić information content (AvgIpc) is 3.05. The lowest BCUT2D eigenvalue weighted by Gasteiger charge is -2.10. The number of hydrogen-bond acceptors (Lipinski definition) is 4. The fourth-order valence-electron chi connectivity index (χ4n) is 2.20. The van der Waals surface area contributed by atoms with E-state index in [2.05, 4.69) is 16.0 Å². The first-order valence-electron chi connectivity index (χ1n) is 7.07. The van der Waals surface area contributed by atoms with Crippen molar-refractivity contribution in [3.8, 4) is 5.75 Å². The zero-order valence-electron chi connectivity index (χ0n) is 12.1. The number of carbonyl (C=O) groups excluding carboxylic acids is 2. The summed E-state index contributed by atoms with van der Waals surface area (Å²) in [5, 5.41) is 8.57. The molecule has 1 aromatic rings. The van der Waals surface area contributed by atoms with Crippen molar-refractivity contribution in [1.82, 2.24) is 16.0 Å². The number of nitrogens with one attached hydrogen (secondary N) is 3. The highest BCUT2D eigenvalue weighted by atomic mass is 16.5. The molecule has 0 radical (unpaired) electrons. The van der Waals surface area contributed by atoms with Crippen molar-refractivity contribution in [1.29, 1.82) is 0 Å². The van der Waals surface area contributed by atoms with Gasteiger partial charge < -0.3 is 20.7 Å². The number of carbonyl (C=O) groups is 2. The van der Waals surface area contributed by atoms with Gasteiger partial charge in [-0.05, 0) is 30.7 Å². The summed E-state index contributed by atoms with van der Waals surface area (Å²) in [6.07, 6.45) is 0.833. The highest BCUT2D eigenvalue weighted by molar-refractivity contribution is 5.86. The Labute approximate surface area is 124 Å². The summed E-state index contributed by atoms with van der Waals surface area (Å²) in [7, 11) is 1.61. The van der Waals surface area contributed by atoms with Gasteiger partial charge in [-0.15, -0.1) is 0 Å². The van der Waals surface area contributed by atoms with Gasteiger partial charge in [0.2, 0.25) is 11.8 Å². The minimum absolute atomic E-state index is 0.0145. The Morgan fingerprint density at radius 1 is 1.29 bits per heavy atom. The van der Waals surface area contributed by atoms with Crippen LogP contribution in [0.4, 0.5) is 0 Å². The van der Waals surface area contributed by atoms with Gasteiger partial charge in [-0.25, -0.2) is 0 Å². The van der Waals surface area contributed by atoms with Crippen molar-refractivity contribution in [2.45, 2.75) is 13.0 Å². The molecule has 1 atom stereocenters. The van der Waals surface area contributed by atoms with Crippen molar-refractivity contribution < 1.29 is 14.3 Å². The Morgan fingerprint density at radius 2 is 2.05 bits per heavy atom. The van der Waals surface area contributed by atoms with E-state index >= 15 is 0 Å². The molecule has 2 amide bonds. The Morgan fingerprint density at radius 3 is 2.67 bits per heavy atom. The van der Waals surface area contributed by atoms with Crippen LogP contribution in [0.2, 0.25) is 0 Å². The van der Waals surface area contributed by atoms with E-state index in [-0.39, 0.29) is 24.3 Å². The van der Waals surface area contributed by atoms with E-state index in [1.165, 1.54) is 0 Å². The molecular formula is C15H21N3O3. The zero-order valence-corrected chi connectivity index (χ0v) is 12.1. The van der Waals surface area contributed by atoms with Crippen molar-refractivity contribution in [3.05, 3.63) is 29.8 Å². The van der Waals surface area contributed by atoms with Gasteiger partial charge >= 0.3 is 0 Å². The molecule has 3 N–H and O–H groups in total. The SMILES string of the molecule is COc1ccc(CNC(=O)CNC(=O)C2CCNC2)cc1. The largest absolute Gasteiger partial charge is 0.497 e. The second kappa shape index (κ2) is 7.64. The number of ether oxygens (including phenoxy) is 1. The van der Waals surface area contributed by atoms with Crippen LogP contribution in [0.25, 0.3) is 0 Å². The predicted octanol–water partition coefficient (Wildman–Crippen LogP) is 0.0371. The lowest BCUT2D eigenvalue weighted by atomic mass is 10.1. The summed E-state index contributed by atoms with van der Waals surface area (Å²) >= 11 is 0. The summed E-state index contributed by atoms with van der Waals surface area (Å²) < 4.78 is 5.07. The number of benzene rings is 1. The van der Waals surface area contributed by atoms with E-state index < -0.39 is 0 Å². The summed E-state index contributed by atoms with van der Waals surface area (Å²) in [6.45, 7) is 2.01. The zero-order chi connectivity index (χ0) is 15.1. The molecule has 1 saturated heterocycles. The summed E-state index contributed by atoms with van der Waals surface area (Å²) in [4.78, 5) is 23.4. The number of methoxy groups -OCH3 is 1. The number of hydrogen-bond donors (Lipinski definition) is 3. The minimum Gasteiger partial charge on any atom is -0.497 e. The van der Waals surface area contributed by atoms with Crippen LogP contribution in [0.3, 0.4) is 0 Å². The smallest absolute Gasteiger partial charge is 0.239 e. The summed E-state index contributed by atoms with van der Waals surface area (Å²) in [5.41, 5.74) is 0.982. The molecule has 2 rings (SSSR count). The van der Waals surface area contributed by atoms with E-state index in [4.69, 9.17) is 4.74 Å². The predicted molar refractivity (Wildman–Crippen MR) is 78.8 cm³/mol. The third-order valence-corrected chi connectivity index (χ3v) is 3.50. The molecule has 0 aromatic heterocycles. The fourth-order valence-corrected chi connectivity index (χ4v) is 2.20. The fraction of sp³-hybridized carbons (Fsp3) is 0.467. The molecule has 1 aromatic carbocycles. The molecule has 1 aliphatic heterocycles. The van der Waals surface area contributed by atoms with Crippen LogP contribution < -0.4 is 20.7 Å². The standard InChI is InChI=1S/C15H21N3O3/c1-21-13-4-2-11(3-5-13)8-17-14(19)10-18-15(20)12-6-7-16-9-12/h2-5,12,16H,6-10H2,1H3,(H,17,19)(H,18,20). The van der Waals surface area contributed by atoms with Gasteiger partial charge in [0.05, 0.1) is 19.6 Å². The summed E-state index contributed by atoms with van der Waals surface area (Å²) in [5.74, 6) is 0.520. The monoisotopic (exact) mass is 291 g/mol. The second-order valence-electron chi connectivity index (χ2n) is 5.03. The van der Waals surface area contributed by atoms with E-state index in [1.807, 2.05) is 24.3 Å². The van der Waals surface area contributed by atoms with Gasteiger partial charge in [0, 0.05) is 13.1 Å². The lowest BCUT2D eigenvalue weighted by molar-refractivity contribution is -0.128. The Bertz CT molecular complexity index is 481. The van der Waals surface area contributed by atoms with E-state index in [1.54, 1.807) is 7.11 Å². The summed E-state index contributed by atoms with van der Waals surface area (Å²) in [6, 6.07) is 7.47. The molecule has 1 unspecified atom stereocenters. The molecule has 1 heterocycles. The van der Waals surface area contributed by atoms with Crippen LogP contribution in [0.1, 0.15) is 12.0 Å². The van der Waals surface area contributed by atoms with E-state index in [0.29, 0.717) is 13.1 Å². The van der Waals surface area contributed by atoms with Crippen LogP contribution in [0.5, 0.6) is 5.75 Å². The average molecular weight is 291 g/mol. The van der Waals surface area contributed by atoms with Crippen molar-refractivity contribution in [2.75, 3.05) is 26.7 Å².